The number of aryl methyl sites for hydroxylation is 1. The van der Waals surface area contributed by atoms with Gasteiger partial charge < -0.3 is 14.8 Å². The smallest absolute Gasteiger partial charge is 0.221 e. The standard InChI is InChI=1S/C28H30ClN5O/c1-20(35)31-25-7-2-5-22(17-25)21-10-15-33(16-11-21)13-4-14-34-27-9-8-24(29)18-26(27)32-28(34)23-6-3-12-30-19-23/h2-3,5-9,12,17-19,21H,4,10-11,13-16H2,1H3,(H,31,35). The van der Waals surface area contributed by atoms with Crippen LogP contribution in [-0.2, 0) is 11.3 Å². The number of benzene rings is 2. The van der Waals surface area contributed by atoms with Gasteiger partial charge in [-0.2, -0.15) is 0 Å². The van der Waals surface area contributed by atoms with Crippen molar-refractivity contribution in [3.05, 3.63) is 77.6 Å². The molecule has 0 aliphatic carbocycles. The average molecular weight is 488 g/mol. The highest BCUT2D eigenvalue weighted by Gasteiger charge is 2.21. The van der Waals surface area contributed by atoms with Crippen molar-refractivity contribution in [3.63, 3.8) is 0 Å². The summed E-state index contributed by atoms with van der Waals surface area (Å²) in [7, 11) is 0. The molecule has 7 heteroatoms. The minimum absolute atomic E-state index is 0.0302. The Kier molecular flexibility index (Phi) is 7.11. The van der Waals surface area contributed by atoms with Gasteiger partial charge in [0.15, 0.2) is 0 Å². The molecule has 35 heavy (non-hydrogen) atoms. The fourth-order valence-corrected chi connectivity index (χ4v) is 5.23. The van der Waals surface area contributed by atoms with Crippen LogP contribution in [0.3, 0.4) is 0 Å². The highest BCUT2D eigenvalue weighted by Crippen LogP contribution is 2.30. The Balaban J connectivity index is 1.21. The number of hydrogen-bond acceptors (Lipinski definition) is 4. The average Bonchev–Trinajstić information content (AvgIpc) is 3.22. The van der Waals surface area contributed by atoms with E-state index < -0.39 is 0 Å². The number of fused-ring (bicyclic) bond motifs is 1. The van der Waals surface area contributed by atoms with E-state index in [-0.39, 0.29) is 5.91 Å². The summed E-state index contributed by atoms with van der Waals surface area (Å²) in [5.74, 6) is 1.45. The molecule has 0 bridgehead atoms. The van der Waals surface area contributed by atoms with Crippen LogP contribution < -0.4 is 5.32 Å². The topological polar surface area (TPSA) is 63.1 Å². The number of anilines is 1. The summed E-state index contributed by atoms with van der Waals surface area (Å²) < 4.78 is 2.29. The predicted octanol–water partition coefficient (Wildman–Crippen LogP) is 5.98. The molecule has 2 aromatic heterocycles. The zero-order valence-corrected chi connectivity index (χ0v) is 20.7. The predicted molar refractivity (Wildman–Crippen MR) is 142 cm³/mol. The number of imidazole rings is 1. The van der Waals surface area contributed by atoms with Gasteiger partial charge in [0.1, 0.15) is 5.82 Å². The van der Waals surface area contributed by atoms with Crippen LogP contribution in [0, 0.1) is 0 Å². The van der Waals surface area contributed by atoms with Gasteiger partial charge in [0.05, 0.1) is 11.0 Å². The zero-order valence-electron chi connectivity index (χ0n) is 20.0. The van der Waals surface area contributed by atoms with Crippen molar-refractivity contribution in [2.75, 3.05) is 25.0 Å². The van der Waals surface area contributed by atoms with Crippen LogP contribution in [0.4, 0.5) is 5.69 Å². The molecule has 4 aromatic rings. The number of pyridine rings is 1. The van der Waals surface area contributed by atoms with Gasteiger partial charge in [-0.25, -0.2) is 4.98 Å². The fourth-order valence-electron chi connectivity index (χ4n) is 5.06. The van der Waals surface area contributed by atoms with Gasteiger partial charge in [0.25, 0.3) is 0 Å². The molecule has 1 fully saturated rings. The van der Waals surface area contributed by atoms with E-state index in [1.54, 1.807) is 13.1 Å². The summed E-state index contributed by atoms with van der Waals surface area (Å²) >= 11 is 6.23. The molecular formula is C28H30ClN5O. The van der Waals surface area contributed by atoms with E-state index in [2.05, 4.69) is 44.0 Å². The van der Waals surface area contributed by atoms with Crippen LogP contribution in [0.25, 0.3) is 22.4 Å². The highest BCUT2D eigenvalue weighted by atomic mass is 35.5. The summed E-state index contributed by atoms with van der Waals surface area (Å²) in [6.07, 6.45) is 6.97. The third-order valence-corrected chi connectivity index (χ3v) is 6.99. The summed E-state index contributed by atoms with van der Waals surface area (Å²) in [6, 6.07) is 18.2. The highest BCUT2D eigenvalue weighted by molar-refractivity contribution is 6.31. The van der Waals surface area contributed by atoms with Crippen molar-refractivity contribution < 1.29 is 4.79 Å². The molecule has 180 valence electrons. The molecule has 1 aliphatic heterocycles. The number of piperidine rings is 1. The molecule has 1 N–H and O–H groups in total. The molecule has 0 spiro atoms. The molecule has 1 aliphatic rings. The zero-order chi connectivity index (χ0) is 24.2. The van der Waals surface area contributed by atoms with Crippen LogP contribution in [0.1, 0.15) is 37.7 Å². The van der Waals surface area contributed by atoms with Crippen LogP contribution in [-0.4, -0.2) is 45.0 Å². The van der Waals surface area contributed by atoms with E-state index in [4.69, 9.17) is 16.6 Å². The van der Waals surface area contributed by atoms with Crippen molar-refractivity contribution in [1.82, 2.24) is 19.4 Å². The Morgan fingerprint density at radius 2 is 1.94 bits per heavy atom. The Morgan fingerprint density at radius 3 is 2.71 bits per heavy atom. The number of likely N-dealkylation sites (tertiary alicyclic amines) is 1. The lowest BCUT2D eigenvalue weighted by molar-refractivity contribution is -0.114. The molecular weight excluding hydrogens is 458 g/mol. The van der Waals surface area contributed by atoms with Crippen molar-refractivity contribution in [2.24, 2.45) is 0 Å². The second kappa shape index (κ2) is 10.6. The summed E-state index contributed by atoms with van der Waals surface area (Å²) in [4.78, 5) is 23.1. The molecule has 0 radical (unpaired) electrons. The van der Waals surface area contributed by atoms with Crippen LogP contribution >= 0.6 is 11.6 Å². The summed E-state index contributed by atoms with van der Waals surface area (Å²) in [5.41, 5.74) is 5.24. The van der Waals surface area contributed by atoms with Crippen LogP contribution in [0.5, 0.6) is 0 Å². The van der Waals surface area contributed by atoms with Crippen LogP contribution in [0.15, 0.2) is 67.0 Å². The van der Waals surface area contributed by atoms with E-state index in [1.165, 1.54) is 5.56 Å². The lowest BCUT2D eigenvalue weighted by Crippen LogP contribution is -2.34. The molecule has 6 nitrogen and oxygen atoms in total. The molecule has 1 amide bonds. The lowest BCUT2D eigenvalue weighted by Gasteiger charge is -2.32. The number of nitrogens with one attached hydrogen (secondary N) is 1. The Hall–Kier alpha value is -3.22. The van der Waals surface area contributed by atoms with Gasteiger partial charge in [-0.05, 0) is 92.8 Å². The van der Waals surface area contributed by atoms with Gasteiger partial charge in [0, 0.05) is 42.1 Å². The van der Waals surface area contributed by atoms with E-state index in [1.807, 2.05) is 36.5 Å². The maximum absolute atomic E-state index is 11.4. The fraction of sp³-hybridized carbons (Fsp3) is 0.321. The second-order valence-corrected chi connectivity index (χ2v) is 9.67. The lowest BCUT2D eigenvalue weighted by atomic mass is 9.89. The van der Waals surface area contributed by atoms with E-state index >= 15 is 0 Å². The van der Waals surface area contributed by atoms with E-state index in [0.29, 0.717) is 10.9 Å². The molecule has 3 heterocycles. The maximum atomic E-state index is 11.4. The molecule has 0 saturated carbocycles. The van der Waals surface area contributed by atoms with Gasteiger partial charge in [-0.3, -0.25) is 9.78 Å². The minimum atomic E-state index is -0.0302. The second-order valence-electron chi connectivity index (χ2n) is 9.24. The number of rotatable bonds is 7. The van der Waals surface area contributed by atoms with E-state index in [9.17, 15) is 4.79 Å². The number of carbonyl (C=O) groups excluding carboxylic acids is 1. The van der Waals surface area contributed by atoms with Gasteiger partial charge in [-0.1, -0.05) is 23.7 Å². The number of amides is 1. The van der Waals surface area contributed by atoms with Crippen molar-refractivity contribution in [1.29, 1.82) is 0 Å². The summed E-state index contributed by atoms with van der Waals surface area (Å²) in [6.45, 7) is 5.67. The van der Waals surface area contributed by atoms with Crippen molar-refractivity contribution in [3.8, 4) is 11.4 Å². The third-order valence-electron chi connectivity index (χ3n) is 6.75. The first-order valence-electron chi connectivity index (χ1n) is 12.2. The molecule has 0 atom stereocenters. The molecule has 5 rings (SSSR count). The van der Waals surface area contributed by atoms with E-state index in [0.717, 1.165) is 73.6 Å². The molecule has 1 saturated heterocycles. The van der Waals surface area contributed by atoms with Gasteiger partial charge >= 0.3 is 0 Å². The third kappa shape index (κ3) is 5.55. The Labute approximate surface area is 211 Å². The Morgan fingerprint density at radius 1 is 1.09 bits per heavy atom. The normalized spacial score (nSPS) is 14.9. The summed E-state index contributed by atoms with van der Waals surface area (Å²) in [5, 5.41) is 3.60. The van der Waals surface area contributed by atoms with Crippen molar-refractivity contribution >= 4 is 34.2 Å². The number of hydrogen-bond donors (Lipinski definition) is 1. The number of aromatic nitrogens is 3. The SMILES string of the molecule is CC(=O)Nc1cccc(C2CCN(CCCn3c(-c4cccnc4)nc4cc(Cl)ccc43)CC2)c1. The molecule has 0 unspecified atom stereocenters. The quantitative estimate of drug-likeness (QED) is 0.348. The molecule has 2 aromatic carbocycles. The van der Waals surface area contributed by atoms with Crippen molar-refractivity contribution in [2.45, 2.75) is 38.6 Å². The first kappa shape index (κ1) is 23.5. The first-order chi connectivity index (χ1) is 17.1. The Bertz CT molecular complexity index is 1310. The minimum Gasteiger partial charge on any atom is -0.326 e. The van der Waals surface area contributed by atoms with Gasteiger partial charge in [0.2, 0.25) is 5.91 Å². The number of nitrogens with zero attached hydrogens (tertiary/aromatic N) is 4. The maximum Gasteiger partial charge on any atom is 0.221 e. The largest absolute Gasteiger partial charge is 0.326 e. The number of halogens is 1. The first-order valence-corrected chi connectivity index (χ1v) is 12.6. The monoisotopic (exact) mass is 487 g/mol. The number of carbonyl (C=O) groups is 1. The van der Waals surface area contributed by atoms with Gasteiger partial charge in [-0.15, -0.1) is 0 Å². The van der Waals surface area contributed by atoms with Crippen LogP contribution in [0.2, 0.25) is 5.02 Å².